The SMILES string of the molecule is CCOC1CCCN(c2ncc(CNCCOC)cn2)C1. The van der Waals surface area contributed by atoms with Crippen LogP contribution in [0.5, 0.6) is 0 Å². The van der Waals surface area contributed by atoms with Crippen molar-refractivity contribution < 1.29 is 9.47 Å². The van der Waals surface area contributed by atoms with Crippen molar-refractivity contribution in [1.29, 1.82) is 0 Å². The van der Waals surface area contributed by atoms with E-state index in [4.69, 9.17) is 9.47 Å². The van der Waals surface area contributed by atoms with Crippen LogP contribution in [0.25, 0.3) is 0 Å². The highest BCUT2D eigenvalue weighted by molar-refractivity contribution is 5.30. The molecule has 1 saturated heterocycles. The summed E-state index contributed by atoms with van der Waals surface area (Å²) in [6.45, 7) is 7.03. The van der Waals surface area contributed by atoms with E-state index >= 15 is 0 Å². The number of aromatic nitrogens is 2. The highest BCUT2D eigenvalue weighted by Crippen LogP contribution is 2.17. The molecule has 0 spiro atoms. The minimum absolute atomic E-state index is 0.308. The number of piperidine rings is 1. The number of hydrogen-bond acceptors (Lipinski definition) is 6. The quantitative estimate of drug-likeness (QED) is 0.728. The second-order valence-electron chi connectivity index (χ2n) is 5.23. The minimum Gasteiger partial charge on any atom is -0.383 e. The number of anilines is 1. The molecule has 2 rings (SSSR count). The number of rotatable bonds is 8. The Balaban J connectivity index is 1.83. The second-order valence-corrected chi connectivity index (χ2v) is 5.23. The summed E-state index contributed by atoms with van der Waals surface area (Å²) in [6, 6.07) is 0. The average Bonchev–Trinajstić information content (AvgIpc) is 2.53. The number of ether oxygens (including phenoxy) is 2. The van der Waals surface area contributed by atoms with Gasteiger partial charge < -0.3 is 19.7 Å². The van der Waals surface area contributed by atoms with Gasteiger partial charge in [0, 0.05) is 57.9 Å². The van der Waals surface area contributed by atoms with E-state index in [2.05, 4.69) is 20.2 Å². The van der Waals surface area contributed by atoms with Gasteiger partial charge in [0.2, 0.25) is 5.95 Å². The van der Waals surface area contributed by atoms with Gasteiger partial charge in [0.25, 0.3) is 0 Å². The molecule has 0 radical (unpaired) electrons. The maximum Gasteiger partial charge on any atom is 0.225 e. The Morgan fingerprint density at radius 1 is 1.38 bits per heavy atom. The number of hydrogen-bond donors (Lipinski definition) is 1. The largest absolute Gasteiger partial charge is 0.383 e. The summed E-state index contributed by atoms with van der Waals surface area (Å²) in [6.07, 6.45) is 6.36. The molecule has 1 aliphatic heterocycles. The van der Waals surface area contributed by atoms with Crippen LogP contribution in [0.4, 0.5) is 5.95 Å². The van der Waals surface area contributed by atoms with Gasteiger partial charge in [-0.3, -0.25) is 0 Å². The van der Waals surface area contributed by atoms with E-state index in [-0.39, 0.29) is 0 Å². The molecule has 1 aromatic heterocycles. The smallest absolute Gasteiger partial charge is 0.225 e. The molecule has 118 valence electrons. The van der Waals surface area contributed by atoms with Crippen LogP contribution < -0.4 is 10.2 Å². The topological polar surface area (TPSA) is 59.5 Å². The molecule has 1 N–H and O–H groups in total. The summed E-state index contributed by atoms with van der Waals surface area (Å²) in [5.41, 5.74) is 1.09. The van der Waals surface area contributed by atoms with Crippen LogP contribution >= 0.6 is 0 Å². The summed E-state index contributed by atoms with van der Waals surface area (Å²) in [7, 11) is 1.70. The zero-order valence-electron chi connectivity index (χ0n) is 13.0. The van der Waals surface area contributed by atoms with Crippen LogP contribution in [0.3, 0.4) is 0 Å². The molecular formula is C15H26N4O2. The predicted molar refractivity (Wildman–Crippen MR) is 82.5 cm³/mol. The van der Waals surface area contributed by atoms with Crippen molar-refractivity contribution in [2.24, 2.45) is 0 Å². The Hall–Kier alpha value is -1.24. The van der Waals surface area contributed by atoms with Gasteiger partial charge in [-0.15, -0.1) is 0 Å². The monoisotopic (exact) mass is 294 g/mol. The lowest BCUT2D eigenvalue weighted by Crippen LogP contribution is -2.40. The number of nitrogens with one attached hydrogen (secondary N) is 1. The Morgan fingerprint density at radius 3 is 2.90 bits per heavy atom. The zero-order chi connectivity index (χ0) is 14.9. The number of nitrogens with zero attached hydrogens (tertiary/aromatic N) is 3. The molecule has 0 bridgehead atoms. The third-order valence-electron chi connectivity index (χ3n) is 3.57. The van der Waals surface area contributed by atoms with E-state index in [1.54, 1.807) is 7.11 Å². The minimum atomic E-state index is 0.308. The molecule has 0 amide bonds. The zero-order valence-corrected chi connectivity index (χ0v) is 13.0. The van der Waals surface area contributed by atoms with Crippen molar-refractivity contribution in [2.75, 3.05) is 44.9 Å². The van der Waals surface area contributed by atoms with Crippen LogP contribution in [-0.2, 0) is 16.0 Å². The summed E-state index contributed by atoms with van der Waals surface area (Å²) in [5.74, 6) is 0.806. The summed E-state index contributed by atoms with van der Waals surface area (Å²) in [4.78, 5) is 11.2. The van der Waals surface area contributed by atoms with Crippen molar-refractivity contribution in [2.45, 2.75) is 32.4 Å². The van der Waals surface area contributed by atoms with Crippen molar-refractivity contribution >= 4 is 5.95 Å². The first-order valence-corrected chi connectivity index (χ1v) is 7.70. The van der Waals surface area contributed by atoms with Crippen molar-refractivity contribution in [3.8, 4) is 0 Å². The molecule has 21 heavy (non-hydrogen) atoms. The van der Waals surface area contributed by atoms with Crippen LogP contribution in [0.1, 0.15) is 25.3 Å². The van der Waals surface area contributed by atoms with Gasteiger partial charge in [0.05, 0.1) is 12.7 Å². The molecule has 0 aliphatic carbocycles. The Kier molecular flexibility index (Phi) is 6.85. The summed E-state index contributed by atoms with van der Waals surface area (Å²) < 4.78 is 10.7. The molecule has 1 aromatic rings. The van der Waals surface area contributed by atoms with Gasteiger partial charge in [-0.2, -0.15) is 0 Å². The van der Waals surface area contributed by atoms with E-state index < -0.39 is 0 Å². The molecular weight excluding hydrogens is 268 g/mol. The van der Waals surface area contributed by atoms with Crippen LogP contribution in [-0.4, -0.2) is 56.0 Å². The summed E-state index contributed by atoms with van der Waals surface area (Å²) >= 11 is 0. The lowest BCUT2D eigenvalue weighted by atomic mass is 10.1. The fourth-order valence-corrected chi connectivity index (χ4v) is 2.50. The van der Waals surface area contributed by atoms with Gasteiger partial charge >= 0.3 is 0 Å². The number of methoxy groups -OCH3 is 1. The van der Waals surface area contributed by atoms with Gasteiger partial charge in [0.1, 0.15) is 0 Å². The van der Waals surface area contributed by atoms with Crippen molar-refractivity contribution in [3.05, 3.63) is 18.0 Å². The van der Waals surface area contributed by atoms with Crippen LogP contribution in [0.2, 0.25) is 0 Å². The molecule has 1 atom stereocenters. The van der Waals surface area contributed by atoms with E-state index in [1.165, 1.54) is 0 Å². The standard InChI is InChI=1S/C15H26N4O2/c1-3-21-14-5-4-7-19(12-14)15-17-10-13(11-18-15)9-16-6-8-20-2/h10-11,14,16H,3-9,12H2,1-2H3. The van der Waals surface area contributed by atoms with Gasteiger partial charge in [-0.05, 0) is 19.8 Å². The van der Waals surface area contributed by atoms with Crippen molar-refractivity contribution in [3.63, 3.8) is 0 Å². The normalized spacial score (nSPS) is 19.0. The van der Waals surface area contributed by atoms with Gasteiger partial charge in [-0.1, -0.05) is 0 Å². The highest BCUT2D eigenvalue weighted by atomic mass is 16.5. The molecule has 1 aliphatic rings. The molecule has 2 heterocycles. The summed E-state index contributed by atoms with van der Waals surface area (Å²) in [5, 5.41) is 3.29. The first-order valence-electron chi connectivity index (χ1n) is 7.70. The lowest BCUT2D eigenvalue weighted by molar-refractivity contribution is 0.0523. The predicted octanol–water partition coefficient (Wildman–Crippen LogP) is 1.22. The van der Waals surface area contributed by atoms with E-state index in [0.717, 1.165) is 57.1 Å². The Labute approximate surface area is 126 Å². The third kappa shape index (κ3) is 5.22. The first-order chi connectivity index (χ1) is 10.3. The molecule has 1 fully saturated rings. The first kappa shape index (κ1) is 16.1. The van der Waals surface area contributed by atoms with Gasteiger partial charge in [-0.25, -0.2) is 9.97 Å². The Morgan fingerprint density at radius 2 is 2.19 bits per heavy atom. The fourth-order valence-electron chi connectivity index (χ4n) is 2.50. The Bertz CT molecular complexity index is 397. The maximum absolute atomic E-state index is 5.72. The lowest BCUT2D eigenvalue weighted by Gasteiger charge is -2.32. The molecule has 6 heteroatoms. The van der Waals surface area contributed by atoms with Crippen LogP contribution in [0, 0.1) is 0 Å². The molecule has 1 unspecified atom stereocenters. The van der Waals surface area contributed by atoms with Gasteiger partial charge in [0.15, 0.2) is 0 Å². The van der Waals surface area contributed by atoms with E-state index in [0.29, 0.717) is 12.7 Å². The third-order valence-corrected chi connectivity index (χ3v) is 3.57. The molecule has 0 aromatic carbocycles. The maximum atomic E-state index is 5.72. The molecule has 6 nitrogen and oxygen atoms in total. The fraction of sp³-hybridized carbons (Fsp3) is 0.733. The van der Waals surface area contributed by atoms with E-state index in [1.807, 2.05) is 19.3 Å². The molecule has 0 saturated carbocycles. The average molecular weight is 294 g/mol. The van der Waals surface area contributed by atoms with E-state index in [9.17, 15) is 0 Å². The highest BCUT2D eigenvalue weighted by Gasteiger charge is 2.21. The van der Waals surface area contributed by atoms with Crippen molar-refractivity contribution in [1.82, 2.24) is 15.3 Å². The van der Waals surface area contributed by atoms with Crippen LogP contribution in [0.15, 0.2) is 12.4 Å². The second kappa shape index (κ2) is 8.92.